The fourth-order valence-electron chi connectivity index (χ4n) is 3.69. The molecule has 0 aliphatic carbocycles. The molecule has 0 unspecified atom stereocenters. The number of H-pyrrole nitrogens is 1. The van der Waals surface area contributed by atoms with Gasteiger partial charge >= 0.3 is 0 Å². The Labute approximate surface area is 162 Å². The highest BCUT2D eigenvalue weighted by Crippen LogP contribution is 2.33. The van der Waals surface area contributed by atoms with Gasteiger partial charge in [0.1, 0.15) is 5.69 Å². The van der Waals surface area contributed by atoms with E-state index < -0.39 is 0 Å². The quantitative estimate of drug-likeness (QED) is 0.704. The topological polar surface area (TPSA) is 60.2 Å². The maximum Gasteiger partial charge on any atom is 0.275 e. The summed E-state index contributed by atoms with van der Waals surface area (Å²) in [6.45, 7) is 1.60. The van der Waals surface area contributed by atoms with Crippen LogP contribution in [0, 0.1) is 0 Å². The molecule has 3 N–H and O–H groups in total. The number of benzene rings is 1. The Bertz CT molecular complexity index is 897. The van der Waals surface area contributed by atoms with E-state index in [1.54, 1.807) is 6.20 Å². The number of thiocarbonyl (C=S) groups is 1. The minimum atomic E-state index is -0.195. The molecule has 1 amide bonds. The molecule has 4 rings (SSSR count). The van der Waals surface area contributed by atoms with E-state index in [0.29, 0.717) is 24.1 Å². The van der Waals surface area contributed by atoms with Crippen LogP contribution < -0.4 is 15.5 Å². The van der Waals surface area contributed by atoms with Gasteiger partial charge in [-0.1, -0.05) is 24.1 Å². The van der Waals surface area contributed by atoms with Crippen LogP contribution in [0.2, 0.25) is 5.02 Å². The summed E-state index contributed by atoms with van der Waals surface area (Å²) in [5.41, 5.74) is 3.69. The van der Waals surface area contributed by atoms with Crippen molar-refractivity contribution in [2.24, 2.45) is 0 Å². The van der Waals surface area contributed by atoms with Crippen LogP contribution in [0.3, 0.4) is 0 Å². The van der Waals surface area contributed by atoms with Crippen molar-refractivity contribution in [3.05, 3.63) is 58.1 Å². The van der Waals surface area contributed by atoms with Gasteiger partial charge in [0, 0.05) is 17.3 Å². The first kappa shape index (κ1) is 17.3. The van der Waals surface area contributed by atoms with Crippen molar-refractivity contribution in [3.8, 4) is 0 Å². The predicted molar refractivity (Wildman–Crippen MR) is 107 cm³/mol. The highest BCUT2D eigenvalue weighted by molar-refractivity contribution is 7.78. The van der Waals surface area contributed by atoms with Crippen LogP contribution in [0.1, 0.15) is 46.9 Å². The second-order valence-electron chi connectivity index (χ2n) is 6.57. The van der Waals surface area contributed by atoms with E-state index in [1.165, 1.54) is 18.4 Å². The van der Waals surface area contributed by atoms with Crippen LogP contribution in [-0.4, -0.2) is 22.5 Å². The average Bonchev–Trinajstić information content (AvgIpc) is 3.16. The Morgan fingerprint density at radius 2 is 2.19 bits per heavy atom. The van der Waals surface area contributed by atoms with Gasteiger partial charge in [-0.25, -0.2) is 0 Å². The van der Waals surface area contributed by atoms with Crippen molar-refractivity contribution < 1.29 is 4.79 Å². The molecule has 2 aliphatic rings. The lowest BCUT2D eigenvalue weighted by Gasteiger charge is -2.32. The molecule has 1 aromatic heterocycles. The number of nitrogens with one attached hydrogen (secondary N) is 3. The molecule has 26 heavy (non-hydrogen) atoms. The van der Waals surface area contributed by atoms with Crippen LogP contribution in [0.5, 0.6) is 0 Å². The molecule has 1 saturated heterocycles. The van der Waals surface area contributed by atoms with E-state index in [1.807, 2.05) is 23.1 Å². The summed E-state index contributed by atoms with van der Waals surface area (Å²) in [6, 6.07) is 8.18. The number of carbonyl (C=O) groups excluding carboxylic acids is 1. The Hall–Kier alpha value is -2.11. The lowest BCUT2D eigenvalue weighted by molar-refractivity contribution is 0.0957. The van der Waals surface area contributed by atoms with Crippen molar-refractivity contribution in [2.45, 2.75) is 31.8 Å². The summed E-state index contributed by atoms with van der Waals surface area (Å²) < 4.78 is 0. The SMILES string of the molecule is O=C1NC(=C=S)N(Cc2ccc(Cl)cc2[C@@H]2CCCCN2)c2cc[nH]c21. The number of aromatic nitrogens is 1. The zero-order valence-electron chi connectivity index (χ0n) is 14.1. The molecule has 0 spiro atoms. The van der Waals surface area contributed by atoms with Gasteiger partial charge in [-0.2, -0.15) is 0 Å². The minimum absolute atomic E-state index is 0.195. The third kappa shape index (κ3) is 3.17. The first-order valence-corrected chi connectivity index (χ1v) is 9.49. The molecule has 1 fully saturated rings. The molecule has 1 atom stereocenters. The van der Waals surface area contributed by atoms with Gasteiger partial charge in [0.05, 0.1) is 12.2 Å². The van der Waals surface area contributed by atoms with Crippen molar-refractivity contribution in [1.82, 2.24) is 15.6 Å². The minimum Gasteiger partial charge on any atom is -0.355 e. The number of aromatic amines is 1. The van der Waals surface area contributed by atoms with Gasteiger partial charge in [-0.3, -0.25) is 10.1 Å². The van der Waals surface area contributed by atoms with Crippen LogP contribution in [0.25, 0.3) is 0 Å². The normalized spacial score (nSPS) is 19.7. The van der Waals surface area contributed by atoms with Crippen molar-refractivity contribution in [3.63, 3.8) is 0 Å². The summed E-state index contributed by atoms with van der Waals surface area (Å²) in [5.74, 6) is 0.300. The van der Waals surface area contributed by atoms with E-state index in [4.69, 9.17) is 23.8 Å². The first-order valence-electron chi connectivity index (χ1n) is 8.70. The molecule has 0 bridgehead atoms. The lowest BCUT2D eigenvalue weighted by Crippen LogP contribution is -2.41. The van der Waals surface area contributed by atoms with E-state index in [9.17, 15) is 4.79 Å². The van der Waals surface area contributed by atoms with Crippen LogP contribution in [0.4, 0.5) is 5.69 Å². The zero-order chi connectivity index (χ0) is 18.1. The molecule has 2 aliphatic heterocycles. The highest BCUT2D eigenvalue weighted by atomic mass is 35.5. The number of halogens is 1. The molecule has 7 heteroatoms. The number of piperidine rings is 1. The molecule has 134 valence electrons. The van der Waals surface area contributed by atoms with Gasteiger partial charge in [0.25, 0.3) is 5.91 Å². The summed E-state index contributed by atoms with van der Waals surface area (Å²) in [6.07, 6.45) is 5.26. The molecule has 5 nitrogen and oxygen atoms in total. The van der Waals surface area contributed by atoms with E-state index in [-0.39, 0.29) is 5.91 Å². The fraction of sp³-hybridized carbons (Fsp3) is 0.316. The summed E-state index contributed by atoms with van der Waals surface area (Å²) in [4.78, 5) is 17.1. The highest BCUT2D eigenvalue weighted by Gasteiger charge is 2.29. The van der Waals surface area contributed by atoms with Gasteiger partial charge in [0.2, 0.25) is 0 Å². The smallest absolute Gasteiger partial charge is 0.275 e. The number of nitrogens with zero attached hydrogens (tertiary/aromatic N) is 1. The molecule has 1 aromatic carbocycles. The second-order valence-corrected chi connectivity index (χ2v) is 7.22. The molecule has 2 aromatic rings. The molecular formula is C19H19ClN4OS. The maximum absolute atomic E-state index is 12.2. The molecule has 3 heterocycles. The number of hydrogen-bond donors (Lipinski definition) is 3. The molecule has 0 saturated carbocycles. The number of amides is 1. The number of fused-ring (bicyclic) bond motifs is 1. The largest absolute Gasteiger partial charge is 0.355 e. The van der Waals surface area contributed by atoms with Crippen molar-refractivity contribution >= 4 is 40.4 Å². The number of hydrogen-bond acceptors (Lipinski definition) is 4. The van der Waals surface area contributed by atoms with E-state index in [0.717, 1.165) is 29.2 Å². The fourth-order valence-corrected chi connectivity index (χ4v) is 4.03. The third-order valence-electron chi connectivity index (χ3n) is 4.96. The third-order valence-corrected chi connectivity index (χ3v) is 5.39. The molecule has 0 radical (unpaired) electrons. The maximum atomic E-state index is 12.2. The van der Waals surface area contributed by atoms with E-state index >= 15 is 0 Å². The number of carbonyl (C=O) groups is 1. The first-order chi connectivity index (χ1) is 12.7. The van der Waals surface area contributed by atoms with Gasteiger partial charge in [-0.15, -0.1) is 0 Å². The van der Waals surface area contributed by atoms with Gasteiger partial charge in [-0.05, 0) is 66.0 Å². The average molecular weight is 387 g/mol. The van der Waals surface area contributed by atoms with Gasteiger partial charge < -0.3 is 15.2 Å². The standard InChI is InChI=1S/C19H19ClN4OS/c20-13-5-4-12(14(9-13)15-3-1-2-7-21-15)10-24-16-6-8-22-18(16)19(25)23-17(24)11-26/h4-6,8-9,15,21-22H,1-3,7,10H2,(H,23,25)/t15-/m0/s1. The van der Waals surface area contributed by atoms with Crippen molar-refractivity contribution in [1.29, 1.82) is 0 Å². The van der Waals surface area contributed by atoms with Crippen LogP contribution in [-0.2, 0) is 6.54 Å². The number of rotatable bonds is 3. The Morgan fingerprint density at radius 3 is 2.96 bits per heavy atom. The predicted octanol–water partition coefficient (Wildman–Crippen LogP) is 3.67. The second kappa shape index (κ2) is 7.25. The number of anilines is 1. The Kier molecular flexibility index (Phi) is 4.83. The Morgan fingerprint density at radius 1 is 1.31 bits per heavy atom. The summed E-state index contributed by atoms with van der Waals surface area (Å²) >= 11 is 11.3. The summed E-state index contributed by atoms with van der Waals surface area (Å²) in [7, 11) is 0. The zero-order valence-corrected chi connectivity index (χ0v) is 15.7. The van der Waals surface area contributed by atoms with Gasteiger partial charge in [0.15, 0.2) is 5.82 Å². The van der Waals surface area contributed by atoms with Crippen LogP contribution in [0.15, 0.2) is 36.3 Å². The van der Waals surface area contributed by atoms with Crippen LogP contribution >= 0.6 is 23.8 Å². The summed E-state index contributed by atoms with van der Waals surface area (Å²) in [5, 5.41) is 9.81. The monoisotopic (exact) mass is 386 g/mol. The van der Waals surface area contributed by atoms with Crippen molar-refractivity contribution in [2.75, 3.05) is 11.4 Å². The van der Waals surface area contributed by atoms with E-state index in [2.05, 4.69) is 26.7 Å². The Balaban J connectivity index is 1.72. The molecular weight excluding hydrogens is 368 g/mol. The lowest BCUT2D eigenvalue weighted by atomic mass is 9.93.